The van der Waals surface area contributed by atoms with Crippen LogP contribution in [-0.4, -0.2) is 14.5 Å². The number of hydrogen-bond donors (Lipinski definition) is 1. The molecule has 0 bridgehead atoms. The number of aromatic nitrogens is 3. The van der Waals surface area contributed by atoms with Crippen LogP contribution in [0.1, 0.15) is 56.6 Å². The Kier molecular flexibility index (Phi) is 4.86. The smallest absolute Gasteiger partial charge is 0.146 e. The minimum absolute atomic E-state index is 0.610. The van der Waals surface area contributed by atoms with Crippen LogP contribution < -0.4 is 5.73 Å². The number of unbranched alkanes of at least 4 members (excludes halogenated alkanes) is 1. The first-order valence-corrected chi connectivity index (χ1v) is 8.09. The van der Waals surface area contributed by atoms with Gasteiger partial charge in [-0.05, 0) is 38.7 Å². The molecule has 0 saturated carbocycles. The van der Waals surface area contributed by atoms with Gasteiger partial charge in [0.2, 0.25) is 0 Å². The summed E-state index contributed by atoms with van der Waals surface area (Å²) < 4.78 is 2.35. The summed E-state index contributed by atoms with van der Waals surface area (Å²) in [4.78, 5) is 8.98. The molecule has 4 heteroatoms. The standard InChI is InChI=1S/C17H28N4/c1-6-8-9-14(7-2)10-21-12(4)11(3)15-16(18)19-13(5)20-17(15)21/h14H,6-10H2,1-5H3,(H2,18,19,20). The molecular formula is C17H28N4. The minimum atomic E-state index is 0.610. The predicted octanol–water partition coefficient (Wildman–Crippen LogP) is 4.16. The first-order valence-electron chi connectivity index (χ1n) is 8.09. The van der Waals surface area contributed by atoms with Gasteiger partial charge in [-0.2, -0.15) is 0 Å². The maximum atomic E-state index is 6.12. The van der Waals surface area contributed by atoms with Crippen molar-refractivity contribution in [3.8, 4) is 0 Å². The van der Waals surface area contributed by atoms with Gasteiger partial charge in [-0.25, -0.2) is 9.97 Å². The summed E-state index contributed by atoms with van der Waals surface area (Å²) in [5.41, 5.74) is 9.61. The highest BCUT2D eigenvalue weighted by Crippen LogP contribution is 2.29. The Hall–Kier alpha value is -1.58. The molecule has 2 N–H and O–H groups in total. The molecule has 1 atom stereocenters. The molecule has 0 saturated heterocycles. The third kappa shape index (κ3) is 3.04. The lowest BCUT2D eigenvalue weighted by molar-refractivity contribution is 0.392. The summed E-state index contributed by atoms with van der Waals surface area (Å²) >= 11 is 0. The van der Waals surface area contributed by atoms with Crippen molar-refractivity contribution < 1.29 is 0 Å². The van der Waals surface area contributed by atoms with Gasteiger partial charge in [0.25, 0.3) is 0 Å². The second kappa shape index (κ2) is 6.46. The summed E-state index contributed by atoms with van der Waals surface area (Å²) in [7, 11) is 0. The largest absolute Gasteiger partial charge is 0.383 e. The molecule has 0 fully saturated rings. The van der Waals surface area contributed by atoms with Gasteiger partial charge >= 0.3 is 0 Å². The number of nitrogens with two attached hydrogens (primary N) is 1. The van der Waals surface area contributed by atoms with E-state index < -0.39 is 0 Å². The van der Waals surface area contributed by atoms with Crippen molar-refractivity contribution in [1.82, 2.24) is 14.5 Å². The first kappa shape index (κ1) is 15.8. The quantitative estimate of drug-likeness (QED) is 0.868. The Morgan fingerprint density at radius 3 is 2.48 bits per heavy atom. The average molecular weight is 288 g/mol. The van der Waals surface area contributed by atoms with Crippen molar-refractivity contribution in [2.75, 3.05) is 5.73 Å². The number of rotatable bonds is 6. The Labute approximate surface area is 127 Å². The van der Waals surface area contributed by atoms with E-state index in [0.29, 0.717) is 11.7 Å². The molecule has 0 amide bonds. The van der Waals surface area contributed by atoms with E-state index in [-0.39, 0.29) is 0 Å². The Morgan fingerprint density at radius 2 is 1.86 bits per heavy atom. The number of hydrogen-bond acceptors (Lipinski definition) is 3. The third-order valence-electron chi connectivity index (χ3n) is 4.59. The van der Waals surface area contributed by atoms with E-state index in [1.54, 1.807) is 0 Å². The highest BCUT2D eigenvalue weighted by molar-refractivity contribution is 5.91. The molecule has 0 radical (unpaired) electrons. The average Bonchev–Trinajstić information content (AvgIpc) is 2.67. The van der Waals surface area contributed by atoms with E-state index in [1.165, 1.54) is 36.9 Å². The van der Waals surface area contributed by atoms with Gasteiger partial charge in [-0.3, -0.25) is 0 Å². The van der Waals surface area contributed by atoms with Gasteiger partial charge in [-0.1, -0.05) is 33.1 Å². The zero-order chi connectivity index (χ0) is 15.6. The lowest BCUT2D eigenvalue weighted by Gasteiger charge is -2.17. The first-order chi connectivity index (χ1) is 9.99. The van der Waals surface area contributed by atoms with Crippen LogP contribution in [0.4, 0.5) is 5.82 Å². The molecule has 2 aromatic heterocycles. The molecule has 0 aliphatic carbocycles. The summed E-state index contributed by atoms with van der Waals surface area (Å²) in [5.74, 6) is 2.06. The molecule has 1 unspecified atom stereocenters. The molecule has 2 heterocycles. The molecule has 0 spiro atoms. The topological polar surface area (TPSA) is 56.7 Å². The third-order valence-corrected chi connectivity index (χ3v) is 4.59. The van der Waals surface area contributed by atoms with Gasteiger partial charge in [0.05, 0.1) is 5.39 Å². The van der Waals surface area contributed by atoms with Gasteiger partial charge in [-0.15, -0.1) is 0 Å². The number of anilines is 1. The van der Waals surface area contributed by atoms with Crippen LogP contribution in [0.3, 0.4) is 0 Å². The van der Waals surface area contributed by atoms with Crippen molar-refractivity contribution >= 4 is 16.9 Å². The molecule has 2 rings (SSSR count). The van der Waals surface area contributed by atoms with Crippen molar-refractivity contribution in [2.24, 2.45) is 5.92 Å². The maximum absolute atomic E-state index is 6.12. The van der Waals surface area contributed by atoms with E-state index in [4.69, 9.17) is 5.73 Å². The molecule has 0 aromatic carbocycles. The fraction of sp³-hybridized carbons (Fsp3) is 0.647. The molecule has 4 nitrogen and oxygen atoms in total. The predicted molar refractivity (Wildman–Crippen MR) is 89.5 cm³/mol. The van der Waals surface area contributed by atoms with E-state index in [1.807, 2.05) is 6.92 Å². The van der Waals surface area contributed by atoms with Crippen LogP contribution in [0.25, 0.3) is 11.0 Å². The van der Waals surface area contributed by atoms with Crippen molar-refractivity contribution in [3.05, 3.63) is 17.1 Å². The molecule has 0 aliphatic rings. The van der Waals surface area contributed by atoms with Crippen molar-refractivity contribution in [2.45, 2.75) is 66.8 Å². The van der Waals surface area contributed by atoms with E-state index in [9.17, 15) is 0 Å². The number of nitrogens with zero attached hydrogens (tertiary/aromatic N) is 3. The highest BCUT2D eigenvalue weighted by Gasteiger charge is 2.18. The molecule has 21 heavy (non-hydrogen) atoms. The van der Waals surface area contributed by atoms with Crippen molar-refractivity contribution in [1.29, 1.82) is 0 Å². The molecule has 116 valence electrons. The Bertz CT molecular complexity index is 627. The number of fused-ring (bicyclic) bond motifs is 1. The summed E-state index contributed by atoms with van der Waals surface area (Å²) in [6.45, 7) is 11.8. The molecular weight excluding hydrogens is 260 g/mol. The second-order valence-electron chi connectivity index (χ2n) is 6.09. The van der Waals surface area contributed by atoms with E-state index >= 15 is 0 Å². The Morgan fingerprint density at radius 1 is 1.14 bits per heavy atom. The van der Waals surface area contributed by atoms with Gasteiger partial charge in [0.15, 0.2) is 0 Å². The lowest BCUT2D eigenvalue weighted by atomic mass is 9.99. The van der Waals surface area contributed by atoms with Crippen LogP contribution in [0.5, 0.6) is 0 Å². The monoisotopic (exact) mass is 288 g/mol. The van der Waals surface area contributed by atoms with E-state index in [0.717, 1.165) is 23.4 Å². The zero-order valence-electron chi connectivity index (χ0n) is 14.0. The fourth-order valence-corrected chi connectivity index (χ4v) is 3.08. The normalized spacial score (nSPS) is 13.0. The van der Waals surface area contributed by atoms with Crippen LogP contribution >= 0.6 is 0 Å². The SMILES string of the molecule is CCCCC(CC)Cn1c(C)c(C)c2c(N)nc(C)nc21. The van der Waals surface area contributed by atoms with E-state index in [2.05, 4.69) is 42.2 Å². The van der Waals surface area contributed by atoms with Crippen molar-refractivity contribution in [3.63, 3.8) is 0 Å². The van der Waals surface area contributed by atoms with Crippen LogP contribution in [-0.2, 0) is 6.54 Å². The van der Waals surface area contributed by atoms with Crippen LogP contribution in [0.2, 0.25) is 0 Å². The van der Waals surface area contributed by atoms with Gasteiger partial charge in [0.1, 0.15) is 17.3 Å². The van der Waals surface area contributed by atoms with Crippen LogP contribution in [0, 0.1) is 26.7 Å². The van der Waals surface area contributed by atoms with Gasteiger partial charge < -0.3 is 10.3 Å². The van der Waals surface area contributed by atoms with Gasteiger partial charge in [0, 0.05) is 12.2 Å². The summed E-state index contributed by atoms with van der Waals surface area (Å²) in [6.07, 6.45) is 5.05. The lowest BCUT2D eigenvalue weighted by Crippen LogP contribution is -2.12. The maximum Gasteiger partial charge on any atom is 0.146 e. The number of aryl methyl sites for hydroxylation is 2. The zero-order valence-corrected chi connectivity index (χ0v) is 14.0. The molecule has 0 aliphatic heterocycles. The summed E-state index contributed by atoms with van der Waals surface area (Å²) in [5, 5.41) is 1.03. The fourth-order valence-electron chi connectivity index (χ4n) is 3.08. The number of nitrogen functional groups attached to an aromatic ring is 1. The minimum Gasteiger partial charge on any atom is -0.383 e. The van der Waals surface area contributed by atoms with Crippen LogP contribution in [0.15, 0.2) is 0 Å². The Balaban J connectivity index is 2.45. The summed E-state index contributed by atoms with van der Waals surface area (Å²) in [6, 6.07) is 0. The molecule has 2 aromatic rings. The highest BCUT2D eigenvalue weighted by atomic mass is 15.1. The second-order valence-corrected chi connectivity index (χ2v) is 6.09.